The zero-order valence-corrected chi connectivity index (χ0v) is 14.6. The molecule has 0 spiro atoms. The molecule has 0 radical (unpaired) electrons. The zero-order chi connectivity index (χ0) is 17.6. The number of rotatable bonds is 4. The maximum absolute atomic E-state index is 12.7. The first-order valence-electron chi connectivity index (χ1n) is 9.00. The highest BCUT2D eigenvalue weighted by molar-refractivity contribution is 5.89. The lowest BCUT2D eigenvalue weighted by atomic mass is 10.0. The summed E-state index contributed by atoms with van der Waals surface area (Å²) in [6.45, 7) is 3.35. The van der Waals surface area contributed by atoms with E-state index in [1.54, 1.807) is 22.9 Å². The Kier molecular flexibility index (Phi) is 5.53. The lowest BCUT2D eigenvalue weighted by molar-refractivity contribution is 0.160. The van der Waals surface area contributed by atoms with Crippen LogP contribution in [-0.2, 0) is 6.54 Å². The summed E-state index contributed by atoms with van der Waals surface area (Å²) in [6.07, 6.45) is 5.92. The van der Waals surface area contributed by atoms with Gasteiger partial charge in [-0.3, -0.25) is 4.79 Å². The van der Waals surface area contributed by atoms with Crippen LogP contribution in [0, 0.1) is 0 Å². The van der Waals surface area contributed by atoms with Gasteiger partial charge in [0.2, 0.25) is 0 Å². The summed E-state index contributed by atoms with van der Waals surface area (Å²) in [5.74, 6) is 0. The fourth-order valence-electron chi connectivity index (χ4n) is 3.42. The monoisotopic (exact) mass is 339 g/mol. The number of nitrogens with one attached hydrogen (secondary N) is 1. The minimum Gasteiger partial charge on any atom is -0.322 e. The van der Waals surface area contributed by atoms with Crippen LogP contribution < -0.4 is 10.9 Å². The number of urea groups is 1. The van der Waals surface area contributed by atoms with Gasteiger partial charge in [0.25, 0.3) is 5.56 Å². The Morgan fingerprint density at radius 3 is 2.72 bits per heavy atom. The molecule has 2 heterocycles. The van der Waals surface area contributed by atoms with Crippen molar-refractivity contribution in [1.29, 1.82) is 0 Å². The summed E-state index contributed by atoms with van der Waals surface area (Å²) in [7, 11) is 0. The van der Waals surface area contributed by atoms with Crippen molar-refractivity contribution in [2.24, 2.45) is 0 Å². The van der Waals surface area contributed by atoms with E-state index in [2.05, 4.69) is 12.2 Å². The Bertz CT molecular complexity index is 770. The van der Waals surface area contributed by atoms with Crippen LogP contribution in [0.15, 0.2) is 53.5 Å². The molecular weight excluding hydrogens is 314 g/mol. The predicted molar refractivity (Wildman–Crippen MR) is 99.9 cm³/mol. The van der Waals surface area contributed by atoms with Gasteiger partial charge >= 0.3 is 6.03 Å². The van der Waals surface area contributed by atoms with E-state index >= 15 is 0 Å². The summed E-state index contributed by atoms with van der Waals surface area (Å²) in [5.41, 5.74) is 1.21. The molecule has 0 aliphatic carbocycles. The van der Waals surface area contributed by atoms with Gasteiger partial charge in [-0.2, -0.15) is 0 Å². The molecule has 1 aromatic carbocycles. The van der Waals surface area contributed by atoms with E-state index in [-0.39, 0.29) is 17.6 Å². The van der Waals surface area contributed by atoms with E-state index in [1.165, 1.54) is 0 Å². The van der Waals surface area contributed by atoms with Gasteiger partial charge in [-0.05, 0) is 43.4 Å². The van der Waals surface area contributed by atoms with Gasteiger partial charge < -0.3 is 14.8 Å². The molecule has 5 heteroatoms. The summed E-state index contributed by atoms with van der Waals surface area (Å²) in [6, 6.07) is 13.4. The third-order valence-corrected chi connectivity index (χ3v) is 4.82. The molecule has 25 heavy (non-hydrogen) atoms. The van der Waals surface area contributed by atoms with E-state index in [0.717, 1.165) is 37.8 Å². The average Bonchev–Trinajstić information content (AvgIpc) is 2.65. The van der Waals surface area contributed by atoms with Crippen LogP contribution in [0.3, 0.4) is 0 Å². The fraction of sp³-hybridized carbons (Fsp3) is 0.400. The second-order valence-electron chi connectivity index (χ2n) is 6.52. The van der Waals surface area contributed by atoms with E-state index in [9.17, 15) is 9.59 Å². The van der Waals surface area contributed by atoms with Crippen molar-refractivity contribution in [3.05, 3.63) is 64.6 Å². The molecule has 1 saturated heterocycles. The molecule has 2 amide bonds. The molecule has 1 fully saturated rings. The number of benzene rings is 1. The molecule has 0 saturated carbocycles. The highest BCUT2D eigenvalue weighted by Crippen LogP contribution is 2.20. The highest BCUT2D eigenvalue weighted by Gasteiger charge is 2.25. The predicted octanol–water partition coefficient (Wildman–Crippen LogP) is 3.69. The molecule has 2 aromatic rings. The van der Waals surface area contributed by atoms with Crippen molar-refractivity contribution in [2.45, 2.75) is 45.2 Å². The van der Waals surface area contributed by atoms with Crippen LogP contribution in [0.5, 0.6) is 0 Å². The topological polar surface area (TPSA) is 54.3 Å². The SMILES string of the molecule is CCC1CCCCN1C(=O)Nc1cccn(Cc2ccccc2)c1=O. The third kappa shape index (κ3) is 4.10. The van der Waals surface area contributed by atoms with Gasteiger partial charge in [-0.15, -0.1) is 0 Å². The smallest absolute Gasteiger partial charge is 0.322 e. The summed E-state index contributed by atoms with van der Waals surface area (Å²) >= 11 is 0. The molecular formula is C20H25N3O2. The van der Waals surface area contributed by atoms with Crippen LogP contribution in [0.1, 0.15) is 38.2 Å². The van der Waals surface area contributed by atoms with Crippen molar-refractivity contribution in [3.63, 3.8) is 0 Å². The molecule has 1 aliphatic rings. The Hall–Kier alpha value is -2.56. The lowest BCUT2D eigenvalue weighted by Gasteiger charge is -2.35. The maximum atomic E-state index is 12.7. The molecule has 1 aromatic heterocycles. The Morgan fingerprint density at radius 2 is 1.96 bits per heavy atom. The van der Waals surface area contributed by atoms with Gasteiger partial charge in [-0.25, -0.2) is 4.79 Å². The number of likely N-dealkylation sites (tertiary alicyclic amines) is 1. The van der Waals surface area contributed by atoms with E-state index in [4.69, 9.17) is 0 Å². The minimum atomic E-state index is -0.176. The summed E-state index contributed by atoms with van der Waals surface area (Å²) < 4.78 is 1.62. The quantitative estimate of drug-likeness (QED) is 0.923. The average molecular weight is 339 g/mol. The molecule has 0 bridgehead atoms. The van der Waals surface area contributed by atoms with Gasteiger partial charge in [-0.1, -0.05) is 37.3 Å². The number of carbonyl (C=O) groups is 1. The number of piperidine rings is 1. The lowest BCUT2D eigenvalue weighted by Crippen LogP contribution is -2.46. The Balaban J connectivity index is 1.75. The van der Waals surface area contributed by atoms with Crippen molar-refractivity contribution >= 4 is 11.7 Å². The van der Waals surface area contributed by atoms with Gasteiger partial charge in [0.05, 0.1) is 6.54 Å². The third-order valence-electron chi connectivity index (χ3n) is 4.82. The normalized spacial score (nSPS) is 17.3. The summed E-state index contributed by atoms with van der Waals surface area (Å²) in [4.78, 5) is 27.2. The first kappa shape index (κ1) is 17.3. The van der Waals surface area contributed by atoms with E-state index in [0.29, 0.717) is 12.2 Å². The van der Waals surface area contributed by atoms with Crippen molar-refractivity contribution < 1.29 is 4.79 Å². The van der Waals surface area contributed by atoms with Gasteiger partial charge in [0, 0.05) is 18.8 Å². The number of aromatic nitrogens is 1. The number of carbonyl (C=O) groups excluding carboxylic acids is 1. The first-order valence-corrected chi connectivity index (χ1v) is 9.00. The number of nitrogens with zero attached hydrogens (tertiary/aromatic N) is 2. The first-order chi connectivity index (χ1) is 12.2. The molecule has 132 valence electrons. The van der Waals surface area contributed by atoms with Crippen LogP contribution in [0.2, 0.25) is 0 Å². The number of hydrogen-bond acceptors (Lipinski definition) is 2. The zero-order valence-electron chi connectivity index (χ0n) is 14.6. The molecule has 5 nitrogen and oxygen atoms in total. The van der Waals surface area contributed by atoms with Crippen molar-refractivity contribution in [2.75, 3.05) is 11.9 Å². The second-order valence-corrected chi connectivity index (χ2v) is 6.52. The summed E-state index contributed by atoms with van der Waals surface area (Å²) in [5, 5.41) is 2.82. The van der Waals surface area contributed by atoms with Crippen LogP contribution >= 0.6 is 0 Å². The number of hydrogen-bond donors (Lipinski definition) is 1. The van der Waals surface area contributed by atoms with E-state index < -0.39 is 0 Å². The van der Waals surface area contributed by atoms with Crippen molar-refractivity contribution in [3.8, 4) is 0 Å². The highest BCUT2D eigenvalue weighted by atomic mass is 16.2. The van der Waals surface area contributed by atoms with Crippen molar-refractivity contribution in [1.82, 2.24) is 9.47 Å². The maximum Gasteiger partial charge on any atom is 0.322 e. The number of anilines is 1. The van der Waals surface area contributed by atoms with Crippen LogP contribution in [-0.4, -0.2) is 28.1 Å². The van der Waals surface area contributed by atoms with Crippen LogP contribution in [0.4, 0.5) is 10.5 Å². The van der Waals surface area contributed by atoms with E-state index in [1.807, 2.05) is 35.2 Å². The molecule has 1 aliphatic heterocycles. The molecule has 3 rings (SSSR count). The Labute approximate surface area is 148 Å². The molecule has 1 N–H and O–H groups in total. The fourth-order valence-corrected chi connectivity index (χ4v) is 3.42. The Morgan fingerprint density at radius 1 is 1.16 bits per heavy atom. The molecule has 1 unspecified atom stereocenters. The number of amides is 2. The van der Waals surface area contributed by atoms with Gasteiger partial charge in [0.1, 0.15) is 5.69 Å². The van der Waals surface area contributed by atoms with Gasteiger partial charge in [0.15, 0.2) is 0 Å². The molecule has 1 atom stereocenters. The second kappa shape index (κ2) is 8.01. The largest absolute Gasteiger partial charge is 0.322 e. The minimum absolute atomic E-state index is 0.166. The van der Waals surface area contributed by atoms with Crippen LogP contribution in [0.25, 0.3) is 0 Å². The standard InChI is InChI=1S/C20H25N3O2/c1-2-17-11-6-7-14-23(17)20(25)21-18-12-8-13-22(19(18)24)15-16-9-4-3-5-10-16/h3-5,8-10,12-13,17H,2,6-7,11,14-15H2,1H3,(H,21,25). The number of pyridine rings is 1.